The number of nitrogens with zero attached hydrogens (tertiary/aromatic N) is 2. The minimum Gasteiger partial charge on any atom is -0.310 e. The SMILES string of the molecule is CCNC(CC)c1ccc(Sc2ccncn2)cc1. The van der Waals surface area contributed by atoms with Gasteiger partial charge in [-0.05, 0) is 36.7 Å². The molecule has 1 N–H and O–H groups in total. The highest BCUT2D eigenvalue weighted by molar-refractivity contribution is 7.99. The van der Waals surface area contributed by atoms with Crippen LogP contribution in [-0.4, -0.2) is 16.5 Å². The predicted octanol–water partition coefficient (Wildman–Crippen LogP) is 3.69. The molecule has 1 heterocycles. The molecule has 0 amide bonds. The molecule has 0 bridgehead atoms. The fourth-order valence-electron chi connectivity index (χ4n) is 1.97. The Morgan fingerprint density at radius 1 is 1.16 bits per heavy atom. The molecule has 3 nitrogen and oxygen atoms in total. The molecule has 1 unspecified atom stereocenters. The van der Waals surface area contributed by atoms with E-state index >= 15 is 0 Å². The summed E-state index contributed by atoms with van der Waals surface area (Å²) in [6.07, 6.45) is 4.45. The lowest BCUT2D eigenvalue weighted by Gasteiger charge is -2.16. The minimum atomic E-state index is 0.447. The number of hydrogen-bond acceptors (Lipinski definition) is 4. The van der Waals surface area contributed by atoms with Gasteiger partial charge < -0.3 is 5.32 Å². The third kappa shape index (κ3) is 4.04. The molecule has 1 aromatic heterocycles. The van der Waals surface area contributed by atoms with E-state index in [9.17, 15) is 0 Å². The summed E-state index contributed by atoms with van der Waals surface area (Å²) in [5.74, 6) is 0. The van der Waals surface area contributed by atoms with Crippen LogP contribution in [0.3, 0.4) is 0 Å². The van der Waals surface area contributed by atoms with Gasteiger partial charge in [-0.25, -0.2) is 9.97 Å². The standard InChI is InChI=1S/C15H19N3S/c1-3-14(17-4-2)12-5-7-13(8-6-12)19-15-9-10-16-11-18-15/h5-11,14,17H,3-4H2,1-2H3. The third-order valence-electron chi connectivity index (χ3n) is 2.92. The van der Waals surface area contributed by atoms with Crippen LogP contribution in [0.5, 0.6) is 0 Å². The summed E-state index contributed by atoms with van der Waals surface area (Å²) in [5.41, 5.74) is 1.34. The Balaban J connectivity index is 2.06. The lowest BCUT2D eigenvalue weighted by atomic mass is 10.1. The number of aromatic nitrogens is 2. The van der Waals surface area contributed by atoms with E-state index < -0.39 is 0 Å². The Morgan fingerprint density at radius 3 is 2.53 bits per heavy atom. The van der Waals surface area contributed by atoms with Crippen molar-refractivity contribution in [1.82, 2.24) is 15.3 Å². The van der Waals surface area contributed by atoms with Crippen LogP contribution >= 0.6 is 11.8 Å². The van der Waals surface area contributed by atoms with Gasteiger partial charge in [0.2, 0.25) is 0 Å². The second-order valence-electron chi connectivity index (χ2n) is 4.24. The lowest BCUT2D eigenvalue weighted by molar-refractivity contribution is 0.537. The van der Waals surface area contributed by atoms with Crippen LogP contribution in [0.4, 0.5) is 0 Å². The van der Waals surface area contributed by atoms with E-state index in [1.54, 1.807) is 24.3 Å². The Hall–Kier alpha value is -1.39. The van der Waals surface area contributed by atoms with Crippen LogP contribution in [0.2, 0.25) is 0 Å². The van der Waals surface area contributed by atoms with Crippen LogP contribution < -0.4 is 5.32 Å². The van der Waals surface area contributed by atoms with Crippen molar-refractivity contribution in [2.45, 2.75) is 36.2 Å². The molecule has 4 heteroatoms. The van der Waals surface area contributed by atoms with Crippen molar-refractivity contribution in [3.8, 4) is 0 Å². The zero-order valence-corrected chi connectivity index (χ0v) is 12.2. The van der Waals surface area contributed by atoms with Crippen LogP contribution in [0.25, 0.3) is 0 Å². The summed E-state index contributed by atoms with van der Waals surface area (Å²) >= 11 is 1.66. The molecule has 0 radical (unpaired) electrons. The summed E-state index contributed by atoms with van der Waals surface area (Å²) in [7, 11) is 0. The van der Waals surface area contributed by atoms with E-state index in [0.717, 1.165) is 18.0 Å². The molecule has 0 aliphatic heterocycles. The third-order valence-corrected chi connectivity index (χ3v) is 3.88. The molecule has 19 heavy (non-hydrogen) atoms. The average Bonchev–Trinajstić information content (AvgIpc) is 2.47. The van der Waals surface area contributed by atoms with E-state index in [-0.39, 0.29) is 0 Å². The van der Waals surface area contributed by atoms with Crippen molar-refractivity contribution in [1.29, 1.82) is 0 Å². The lowest BCUT2D eigenvalue weighted by Crippen LogP contribution is -2.19. The number of rotatable bonds is 6. The summed E-state index contributed by atoms with van der Waals surface area (Å²) in [6, 6.07) is 11.1. The maximum absolute atomic E-state index is 4.22. The van der Waals surface area contributed by atoms with Gasteiger partial charge in [-0.1, -0.05) is 37.7 Å². The Kier molecular flexibility index (Phi) is 5.36. The van der Waals surface area contributed by atoms with E-state index in [1.165, 1.54) is 10.5 Å². The van der Waals surface area contributed by atoms with Gasteiger partial charge in [-0.2, -0.15) is 0 Å². The van der Waals surface area contributed by atoms with E-state index in [4.69, 9.17) is 0 Å². The van der Waals surface area contributed by atoms with E-state index in [2.05, 4.69) is 53.4 Å². The van der Waals surface area contributed by atoms with Crippen molar-refractivity contribution in [3.05, 3.63) is 48.4 Å². The molecule has 1 atom stereocenters. The maximum atomic E-state index is 4.22. The van der Waals surface area contributed by atoms with E-state index in [0.29, 0.717) is 6.04 Å². The molecule has 0 fully saturated rings. The second kappa shape index (κ2) is 7.26. The maximum Gasteiger partial charge on any atom is 0.116 e. The Bertz CT molecular complexity index is 485. The molecule has 1 aromatic carbocycles. The zero-order chi connectivity index (χ0) is 13.5. The highest BCUT2D eigenvalue weighted by Gasteiger charge is 2.07. The first-order chi connectivity index (χ1) is 9.33. The smallest absolute Gasteiger partial charge is 0.116 e. The molecule has 100 valence electrons. The molecular formula is C15H19N3S. The molecule has 2 aromatic rings. The summed E-state index contributed by atoms with van der Waals surface area (Å²) in [6.45, 7) is 5.34. The Morgan fingerprint density at radius 2 is 1.95 bits per heavy atom. The van der Waals surface area contributed by atoms with Gasteiger partial charge in [0.15, 0.2) is 0 Å². The molecule has 0 aliphatic carbocycles. The first-order valence-electron chi connectivity index (χ1n) is 6.60. The van der Waals surface area contributed by atoms with Gasteiger partial charge >= 0.3 is 0 Å². The van der Waals surface area contributed by atoms with Gasteiger partial charge in [-0.3, -0.25) is 0 Å². The van der Waals surface area contributed by atoms with Crippen LogP contribution in [0.1, 0.15) is 31.9 Å². The fourth-order valence-corrected chi connectivity index (χ4v) is 2.71. The van der Waals surface area contributed by atoms with Crippen LogP contribution in [0.15, 0.2) is 52.8 Å². The average molecular weight is 273 g/mol. The fraction of sp³-hybridized carbons (Fsp3) is 0.333. The molecule has 0 saturated heterocycles. The molecule has 2 rings (SSSR count). The van der Waals surface area contributed by atoms with Crippen LogP contribution in [0, 0.1) is 0 Å². The van der Waals surface area contributed by atoms with Crippen LogP contribution in [-0.2, 0) is 0 Å². The number of hydrogen-bond donors (Lipinski definition) is 1. The summed E-state index contributed by atoms with van der Waals surface area (Å²) in [4.78, 5) is 9.34. The van der Waals surface area contributed by atoms with Gasteiger partial charge in [0, 0.05) is 17.1 Å². The van der Waals surface area contributed by atoms with Crippen molar-refractivity contribution < 1.29 is 0 Å². The Labute approximate surface area is 118 Å². The van der Waals surface area contributed by atoms with E-state index in [1.807, 2.05) is 6.07 Å². The van der Waals surface area contributed by atoms with Crippen molar-refractivity contribution in [2.24, 2.45) is 0 Å². The van der Waals surface area contributed by atoms with Crippen molar-refractivity contribution in [2.75, 3.05) is 6.54 Å². The first kappa shape index (κ1) is 14.0. The molecular weight excluding hydrogens is 254 g/mol. The summed E-state index contributed by atoms with van der Waals surface area (Å²) in [5, 5.41) is 4.46. The predicted molar refractivity (Wildman–Crippen MR) is 79.3 cm³/mol. The largest absolute Gasteiger partial charge is 0.310 e. The van der Waals surface area contributed by atoms with Gasteiger partial charge in [-0.15, -0.1) is 0 Å². The zero-order valence-electron chi connectivity index (χ0n) is 11.3. The highest BCUT2D eigenvalue weighted by atomic mass is 32.2. The quantitative estimate of drug-likeness (QED) is 0.815. The number of nitrogens with one attached hydrogen (secondary N) is 1. The monoisotopic (exact) mass is 273 g/mol. The topological polar surface area (TPSA) is 37.8 Å². The minimum absolute atomic E-state index is 0.447. The van der Waals surface area contributed by atoms with Gasteiger partial charge in [0.05, 0.1) is 0 Å². The first-order valence-corrected chi connectivity index (χ1v) is 7.42. The molecule has 0 spiro atoms. The highest BCUT2D eigenvalue weighted by Crippen LogP contribution is 2.27. The normalized spacial score (nSPS) is 12.3. The van der Waals surface area contributed by atoms with Gasteiger partial charge in [0.25, 0.3) is 0 Å². The summed E-state index contributed by atoms with van der Waals surface area (Å²) < 4.78 is 0. The molecule has 0 aliphatic rings. The number of benzene rings is 1. The molecule has 0 saturated carbocycles. The van der Waals surface area contributed by atoms with Crippen molar-refractivity contribution >= 4 is 11.8 Å². The van der Waals surface area contributed by atoms with Crippen molar-refractivity contribution in [3.63, 3.8) is 0 Å². The second-order valence-corrected chi connectivity index (χ2v) is 5.33. The van der Waals surface area contributed by atoms with Gasteiger partial charge in [0.1, 0.15) is 11.4 Å².